The summed E-state index contributed by atoms with van der Waals surface area (Å²) in [5.41, 5.74) is 7.39. The Morgan fingerprint density at radius 1 is 0.216 bits per heavy atom. The van der Waals surface area contributed by atoms with Crippen molar-refractivity contribution >= 4 is 85.4 Å². The third kappa shape index (κ3) is 4.39. The van der Waals surface area contributed by atoms with Gasteiger partial charge in [-0.25, -0.2) is 0 Å². The maximum Gasteiger partial charge on any atom is 0.0361 e. The van der Waals surface area contributed by atoms with E-state index in [-0.39, 0.29) is 0 Å². The first-order valence-corrected chi connectivity index (χ1v) is 18.4. The topological polar surface area (TPSA) is 0 Å². The Hall–Kier alpha value is -6.28. The van der Waals surface area contributed by atoms with Crippen LogP contribution in [-0.2, 0) is 0 Å². The minimum absolute atomic E-state index is 1.22. The molecule has 0 nitrogen and oxygen atoms in total. The van der Waals surface area contributed by atoms with Gasteiger partial charge in [-0.1, -0.05) is 158 Å². The second kappa shape index (κ2) is 11.1. The van der Waals surface area contributed by atoms with Crippen molar-refractivity contribution in [3.05, 3.63) is 182 Å². The van der Waals surface area contributed by atoms with Gasteiger partial charge >= 0.3 is 0 Å². The summed E-state index contributed by atoms with van der Waals surface area (Å²) < 4.78 is 2.68. The van der Waals surface area contributed by atoms with Crippen molar-refractivity contribution in [2.24, 2.45) is 0 Å². The van der Waals surface area contributed by atoms with Crippen LogP contribution in [-0.4, -0.2) is 0 Å². The first-order chi connectivity index (χ1) is 25.3. The fourth-order valence-electron chi connectivity index (χ4n) is 8.44. The van der Waals surface area contributed by atoms with E-state index < -0.39 is 0 Å². The van der Waals surface area contributed by atoms with Crippen LogP contribution in [0.25, 0.3) is 107 Å². The fraction of sp³-hybridized carbons (Fsp3) is 0. The zero-order valence-electron chi connectivity index (χ0n) is 27.7. The first kappa shape index (κ1) is 28.5. The average Bonchev–Trinajstić information content (AvgIpc) is 3.58. The maximum absolute atomic E-state index is 2.42. The molecule has 0 atom stereocenters. The molecule has 0 spiro atoms. The molecule has 0 aliphatic heterocycles. The zero-order valence-corrected chi connectivity index (χ0v) is 28.5. The van der Waals surface area contributed by atoms with Crippen molar-refractivity contribution in [2.75, 3.05) is 0 Å². The molecule has 0 unspecified atom stereocenters. The van der Waals surface area contributed by atoms with Crippen molar-refractivity contribution in [2.45, 2.75) is 0 Å². The van der Waals surface area contributed by atoms with Crippen LogP contribution in [0, 0.1) is 0 Å². The van der Waals surface area contributed by atoms with Gasteiger partial charge in [0.1, 0.15) is 0 Å². The average molecular weight is 663 g/mol. The lowest BCUT2D eigenvalue weighted by Crippen LogP contribution is -1.89. The lowest BCUT2D eigenvalue weighted by atomic mass is 9.86. The Kier molecular flexibility index (Phi) is 6.22. The summed E-state index contributed by atoms with van der Waals surface area (Å²) >= 11 is 1.87. The number of rotatable bonds is 3. The predicted octanol–water partition coefficient (Wildman–Crippen LogP) is 14.8. The highest BCUT2D eigenvalue weighted by molar-refractivity contribution is 7.25. The van der Waals surface area contributed by atoms with E-state index in [0.29, 0.717) is 0 Å². The summed E-state index contributed by atoms with van der Waals surface area (Å²) in [6.45, 7) is 0. The molecule has 11 aromatic rings. The van der Waals surface area contributed by atoms with E-state index in [1.807, 2.05) is 11.3 Å². The van der Waals surface area contributed by atoms with E-state index >= 15 is 0 Å². The van der Waals surface area contributed by atoms with E-state index in [9.17, 15) is 0 Å². The van der Waals surface area contributed by atoms with Gasteiger partial charge in [0.25, 0.3) is 0 Å². The second-order valence-electron chi connectivity index (χ2n) is 13.6. The van der Waals surface area contributed by atoms with Gasteiger partial charge in [-0.3, -0.25) is 0 Å². The van der Waals surface area contributed by atoms with Crippen molar-refractivity contribution in [3.63, 3.8) is 0 Å². The highest BCUT2D eigenvalue weighted by atomic mass is 32.1. The summed E-state index contributed by atoms with van der Waals surface area (Å²) in [6.07, 6.45) is 0. The van der Waals surface area contributed by atoms with Crippen LogP contribution in [0.2, 0.25) is 0 Å². The van der Waals surface area contributed by atoms with Gasteiger partial charge in [0.2, 0.25) is 0 Å². The van der Waals surface area contributed by atoms with Crippen molar-refractivity contribution in [1.82, 2.24) is 0 Å². The van der Waals surface area contributed by atoms with Crippen LogP contribution >= 0.6 is 11.3 Å². The Morgan fingerprint density at radius 3 is 1.22 bits per heavy atom. The first-order valence-electron chi connectivity index (χ1n) is 17.6. The van der Waals surface area contributed by atoms with Gasteiger partial charge in [-0.15, -0.1) is 11.3 Å². The molecule has 0 N–H and O–H groups in total. The third-order valence-corrected chi connectivity index (χ3v) is 12.0. The molecule has 1 heteroatoms. The third-order valence-electron chi connectivity index (χ3n) is 10.8. The van der Waals surface area contributed by atoms with E-state index in [4.69, 9.17) is 0 Å². The molecule has 0 amide bonds. The molecule has 1 aromatic heterocycles. The van der Waals surface area contributed by atoms with E-state index in [2.05, 4.69) is 182 Å². The summed E-state index contributed by atoms with van der Waals surface area (Å²) in [7, 11) is 0. The normalized spacial score (nSPS) is 11.9. The highest BCUT2D eigenvalue weighted by Crippen LogP contribution is 2.45. The van der Waals surface area contributed by atoms with E-state index in [1.54, 1.807) is 0 Å². The van der Waals surface area contributed by atoms with Crippen LogP contribution in [0.4, 0.5) is 0 Å². The highest BCUT2D eigenvalue weighted by Gasteiger charge is 2.16. The monoisotopic (exact) mass is 662 g/mol. The summed E-state index contributed by atoms with van der Waals surface area (Å²) in [6, 6.07) is 67.4. The molecule has 0 saturated heterocycles. The quantitative estimate of drug-likeness (QED) is 0.165. The van der Waals surface area contributed by atoms with Crippen LogP contribution in [0.5, 0.6) is 0 Å². The van der Waals surface area contributed by atoms with Gasteiger partial charge in [-0.2, -0.15) is 0 Å². The maximum atomic E-state index is 2.42. The lowest BCUT2D eigenvalue weighted by molar-refractivity contribution is 1.59. The minimum Gasteiger partial charge on any atom is -0.135 e. The van der Waals surface area contributed by atoms with Gasteiger partial charge < -0.3 is 0 Å². The molecule has 0 fully saturated rings. The molecule has 1 heterocycles. The smallest absolute Gasteiger partial charge is 0.0361 e. The lowest BCUT2D eigenvalue weighted by Gasteiger charge is -2.17. The molecule has 0 radical (unpaired) electrons. The fourth-order valence-corrected chi connectivity index (χ4v) is 9.59. The van der Waals surface area contributed by atoms with Gasteiger partial charge in [0.15, 0.2) is 0 Å². The number of hydrogen-bond donors (Lipinski definition) is 0. The zero-order chi connectivity index (χ0) is 33.5. The van der Waals surface area contributed by atoms with Crippen LogP contribution in [0.3, 0.4) is 0 Å². The Morgan fingerprint density at radius 2 is 0.608 bits per heavy atom. The van der Waals surface area contributed by atoms with Crippen molar-refractivity contribution in [3.8, 4) is 33.4 Å². The molecule has 236 valence electrons. The minimum atomic E-state index is 1.22. The second-order valence-corrected chi connectivity index (χ2v) is 14.7. The largest absolute Gasteiger partial charge is 0.135 e. The summed E-state index contributed by atoms with van der Waals surface area (Å²) in [4.78, 5) is 0. The van der Waals surface area contributed by atoms with Gasteiger partial charge in [0, 0.05) is 20.2 Å². The molecule has 0 aliphatic rings. The molecular formula is C50H30S. The predicted molar refractivity (Wildman–Crippen MR) is 223 cm³/mol. The Balaban J connectivity index is 1.03. The van der Waals surface area contributed by atoms with Gasteiger partial charge in [-0.05, 0) is 112 Å². The van der Waals surface area contributed by atoms with Gasteiger partial charge in [0.05, 0.1) is 0 Å². The molecule has 0 saturated carbocycles. The summed E-state index contributed by atoms with van der Waals surface area (Å²) in [5, 5.41) is 15.8. The molecular weight excluding hydrogens is 633 g/mol. The molecule has 51 heavy (non-hydrogen) atoms. The summed E-state index contributed by atoms with van der Waals surface area (Å²) in [5.74, 6) is 0. The molecule has 11 rings (SSSR count). The van der Waals surface area contributed by atoms with Crippen molar-refractivity contribution in [1.29, 1.82) is 0 Å². The number of hydrogen-bond acceptors (Lipinski definition) is 1. The Labute approximate surface area is 299 Å². The molecule has 10 aromatic carbocycles. The van der Waals surface area contributed by atoms with Crippen LogP contribution in [0.1, 0.15) is 0 Å². The van der Waals surface area contributed by atoms with Crippen LogP contribution in [0.15, 0.2) is 182 Å². The Bertz CT molecular complexity index is 3160. The SMILES string of the molecule is c1cc(-c2ccc(-c3ccc4c5ccccc5c5c6ccccc6c6ccccc6c5c4c3)cc2)cc(-c2ccc3c(c2)sc2ccccc23)c1. The number of benzene rings is 10. The van der Waals surface area contributed by atoms with Crippen molar-refractivity contribution < 1.29 is 0 Å². The molecule has 0 aliphatic carbocycles. The standard InChI is InChI=1S/C50H30S/c1-4-16-43-37(12-1)38-13-2-6-18-45(38)50-46-29-35(24-26-40(46)39-14-3-5-17-44(39)49(43)50)32-22-20-31(21-23-32)33-10-9-11-34(28-33)36-25-27-42-41-15-7-8-19-47(41)51-48(42)30-36/h1-30H. The van der Waals surface area contributed by atoms with E-state index in [0.717, 1.165) is 0 Å². The van der Waals surface area contributed by atoms with Crippen LogP contribution < -0.4 is 0 Å². The number of fused-ring (bicyclic) bond motifs is 14. The molecule has 0 bridgehead atoms. The van der Waals surface area contributed by atoms with E-state index in [1.165, 1.54) is 107 Å². The number of thiophene rings is 1.